The quantitative estimate of drug-likeness (QED) is 0.269. The lowest BCUT2D eigenvalue weighted by Gasteiger charge is -2.08. The Labute approximate surface area is 191 Å². The molecule has 32 heavy (non-hydrogen) atoms. The Morgan fingerprint density at radius 2 is 1.72 bits per heavy atom. The van der Waals surface area contributed by atoms with Crippen LogP contribution in [0.2, 0.25) is 0 Å². The lowest BCUT2D eigenvalue weighted by molar-refractivity contribution is 0.0752. The van der Waals surface area contributed by atoms with Gasteiger partial charge >= 0.3 is 0 Å². The van der Waals surface area contributed by atoms with Crippen molar-refractivity contribution < 1.29 is 14.6 Å². The van der Waals surface area contributed by atoms with Crippen molar-refractivity contribution in [1.82, 2.24) is 10.3 Å². The predicted octanol–water partition coefficient (Wildman–Crippen LogP) is 4.90. The van der Waals surface area contributed by atoms with Crippen LogP contribution in [-0.4, -0.2) is 29.0 Å². The number of ether oxygens (including phenoxy) is 1. The lowest BCUT2D eigenvalue weighted by Crippen LogP contribution is -2.21. The molecule has 162 valence electrons. The van der Waals surface area contributed by atoms with Gasteiger partial charge in [0.25, 0.3) is 0 Å². The SMILES string of the molecule is O=C(c1ccc(-c2ccc(CNCCOc3ccccc3)nc2)s1)C(O)c1ccccc1. The molecule has 0 amide bonds. The van der Waals surface area contributed by atoms with Gasteiger partial charge in [-0.15, -0.1) is 11.3 Å². The second-order valence-corrected chi connectivity index (χ2v) is 8.30. The minimum absolute atomic E-state index is 0.293. The first-order valence-electron chi connectivity index (χ1n) is 10.4. The van der Waals surface area contributed by atoms with Crippen LogP contribution < -0.4 is 10.1 Å². The zero-order valence-electron chi connectivity index (χ0n) is 17.5. The van der Waals surface area contributed by atoms with E-state index in [0.29, 0.717) is 23.6 Å². The fraction of sp³-hybridized carbons (Fsp3) is 0.154. The number of thiophene rings is 1. The third-order valence-corrected chi connectivity index (χ3v) is 6.07. The maximum Gasteiger partial charge on any atom is 0.205 e. The molecule has 0 spiro atoms. The Balaban J connectivity index is 1.28. The second kappa shape index (κ2) is 10.8. The van der Waals surface area contributed by atoms with Gasteiger partial charge in [0.05, 0.1) is 10.6 Å². The highest BCUT2D eigenvalue weighted by Crippen LogP contribution is 2.30. The number of nitrogens with one attached hydrogen (secondary N) is 1. The van der Waals surface area contributed by atoms with Gasteiger partial charge < -0.3 is 15.2 Å². The molecule has 0 aliphatic heterocycles. The number of Topliss-reactive ketones (excluding diaryl/α,β-unsaturated/α-hetero) is 1. The van der Waals surface area contributed by atoms with Gasteiger partial charge in [-0.1, -0.05) is 54.6 Å². The molecule has 5 nitrogen and oxygen atoms in total. The lowest BCUT2D eigenvalue weighted by atomic mass is 10.1. The van der Waals surface area contributed by atoms with Crippen molar-refractivity contribution in [2.45, 2.75) is 12.6 Å². The summed E-state index contributed by atoms with van der Waals surface area (Å²) in [5.41, 5.74) is 2.47. The predicted molar refractivity (Wildman–Crippen MR) is 127 cm³/mol. The van der Waals surface area contributed by atoms with Crippen molar-refractivity contribution in [2.75, 3.05) is 13.2 Å². The molecule has 2 heterocycles. The average molecular weight is 445 g/mol. The van der Waals surface area contributed by atoms with Crippen molar-refractivity contribution in [3.63, 3.8) is 0 Å². The van der Waals surface area contributed by atoms with E-state index >= 15 is 0 Å². The Hall–Kier alpha value is -3.32. The topological polar surface area (TPSA) is 71.5 Å². The van der Waals surface area contributed by atoms with E-state index in [9.17, 15) is 9.90 Å². The smallest absolute Gasteiger partial charge is 0.205 e. The molecule has 0 bridgehead atoms. The van der Waals surface area contributed by atoms with Gasteiger partial charge in [0.2, 0.25) is 5.78 Å². The molecule has 4 aromatic rings. The molecule has 4 rings (SSSR count). The van der Waals surface area contributed by atoms with Gasteiger partial charge in [-0.3, -0.25) is 9.78 Å². The standard InChI is InChI=1S/C26H24N2O3S/c29-25(19-7-3-1-4-8-19)26(30)24-14-13-23(32-24)20-11-12-21(28-17-20)18-27-15-16-31-22-9-5-2-6-10-22/h1-14,17,25,27,29H,15-16,18H2. The van der Waals surface area contributed by atoms with Gasteiger partial charge in [0, 0.05) is 29.7 Å². The molecule has 0 radical (unpaired) electrons. The summed E-state index contributed by atoms with van der Waals surface area (Å²) in [6.07, 6.45) is 0.658. The summed E-state index contributed by atoms with van der Waals surface area (Å²) in [5.74, 6) is 0.570. The minimum atomic E-state index is -1.15. The van der Waals surface area contributed by atoms with Crippen molar-refractivity contribution in [3.05, 3.63) is 107 Å². The summed E-state index contributed by atoms with van der Waals surface area (Å²) in [6.45, 7) is 1.96. The van der Waals surface area contributed by atoms with Crippen LogP contribution in [0.25, 0.3) is 10.4 Å². The Morgan fingerprint density at radius 1 is 0.969 bits per heavy atom. The number of para-hydroxylation sites is 1. The molecular weight excluding hydrogens is 420 g/mol. The average Bonchev–Trinajstić information content (AvgIpc) is 3.35. The Bertz CT molecular complexity index is 1130. The summed E-state index contributed by atoms with van der Waals surface area (Å²) in [5, 5.41) is 13.7. The third-order valence-electron chi connectivity index (χ3n) is 4.92. The first-order chi connectivity index (χ1) is 15.7. The monoisotopic (exact) mass is 444 g/mol. The van der Waals surface area contributed by atoms with E-state index in [2.05, 4.69) is 10.3 Å². The largest absolute Gasteiger partial charge is 0.492 e. The van der Waals surface area contributed by atoms with E-state index in [0.717, 1.165) is 28.4 Å². The number of hydrogen-bond donors (Lipinski definition) is 2. The second-order valence-electron chi connectivity index (χ2n) is 7.22. The molecule has 1 unspecified atom stereocenters. The van der Waals surface area contributed by atoms with Crippen LogP contribution in [0.15, 0.2) is 91.1 Å². The molecule has 0 saturated carbocycles. The molecule has 0 saturated heterocycles. The number of carbonyl (C=O) groups excluding carboxylic acids is 1. The number of rotatable bonds is 10. The van der Waals surface area contributed by atoms with Crippen LogP contribution in [0.1, 0.15) is 27.0 Å². The number of carbonyl (C=O) groups is 1. The molecule has 2 N–H and O–H groups in total. The highest BCUT2D eigenvalue weighted by atomic mass is 32.1. The third kappa shape index (κ3) is 5.68. The maximum atomic E-state index is 12.6. The van der Waals surface area contributed by atoms with E-state index in [1.807, 2.05) is 72.9 Å². The van der Waals surface area contributed by atoms with Gasteiger partial charge in [0.15, 0.2) is 0 Å². The molecular formula is C26H24N2O3S. The van der Waals surface area contributed by atoms with Crippen molar-refractivity contribution in [2.24, 2.45) is 0 Å². The number of aliphatic hydroxyl groups excluding tert-OH is 1. The van der Waals surface area contributed by atoms with Crippen LogP contribution in [0, 0.1) is 0 Å². The summed E-state index contributed by atoms with van der Waals surface area (Å²) in [6, 6.07) is 26.3. The summed E-state index contributed by atoms with van der Waals surface area (Å²) in [4.78, 5) is 18.6. The van der Waals surface area contributed by atoms with Gasteiger partial charge in [-0.05, 0) is 35.9 Å². The normalized spacial score (nSPS) is 11.8. The van der Waals surface area contributed by atoms with Gasteiger partial charge in [-0.25, -0.2) is 0 Å². The number of hydrogen-bond acceptors (Lipinski definition) is 6. The van der Waals surface area contributed by atoms with E-state index < -0.39 is 6.10 Å². The fourth-order valence-corrected chi connectivity index (χ4v) is 4.16. The van der Waals surface area contributed by atoms with Gasteiger partial charge in [0.1, 0.15) is 18.5 Å². The maximum absolute atomic E-state index is 12.6. The molecule has 1 atom stereocenters. The number of nitrogens with zero attached hydrogens (tertiary/aromatic N) is 1. The van der Waals surface area contributed by atoms with E-state index in [4.69, 9.17) is 4.74 Å². The van der Waals surface area contributed by atoms with Crippen LogP contribution in [0.3, 0.4) is 0 Å². The summed E-state index contributed by atoms with van der Waals surface area (Å²) >= 11 is 1.36. The fourth-order valence-electron chi connectivity index (χ4n) is 3.20. The minimum Gasteiger partial charge on any atom is -0.492 e. The van der Waals surface area contributed by atoms with E-state index in [1.54, 1.807) is 18.2 Å². The van der Waals surface area contributed by atoms with Crippen molar-refractivity contribution in [3.8, 4) is 16.2 Å². The zero-order chi connectivity index (χ0) is 22.2. The molecule has 2 aromatic carbocycles. The van der Waals surface area contributed by atoms with Crippen LogP contribution in [0.4, 0.5) is 0 Å². The molecule has 0 fully saturated rings. The van der Waals surface area contributed by atoms with E-state index in [-0.39, 0.29) is 5.78 Å². The first kappa shape index (κ1) is 21.9. The van der Waals surface area contributed by atoms with E-state index in [1.165, 1.54) is 11.3 Å². The van der Waals surface area contributed by atoms with Gasteiger partial charge in [-0.2, -0.15) is 0 Å². The summed E-state index contributed by atoms with van der Waals surface area (Å²) < 4.78 is 5.66. The first-order valence-corrected chi connectivity index (χ1v) is 11.2. The highest BCUT2D eigenvalue weighted by molar-refractivity contribution is 7.17. The summed E-state index contributed by atoms with van der Waals surface area (Å²) in [7, 11) is 0. The Morgan fingerprint density at radius 3 is 2.44 bits per heavy atom. The molecule has 0 aliphatic carbocycles. The zero-order valence-corrected chi connectivity index (χ0v) is 18.3. The highest BCUT2D eigenvalue weighted by Gasteiger charge is 2.21. The van der Waals surface area contributed by atoms with Crippen LogP contribution >= 0.6 is 11.3 Å². The Kier molecular flexibility index (Phi) is 7.40. The van der Waals surface area contributed by atoms with Crippen molar-refractivity contribution in [1.29, 1.82) is 0 Å². The number of aromatic nitrogens is 1. The number of ketones is 1. The number of benzene rings is 2. The molecule has 0 aliphatic rings. The van der Waals surface area contributed by atoms with Crippen LogP contribution in [0.5, 0.6) is 5.75 Å². The number of aliphatic hydroxyl groups is 1. The van der Waals surface area contributed by atoms with Crippen LogP contribution in [-0.2, 0) is 6.54 Å². The number of pyridine rings is 1. The molecule has 2 aromatic heterocycles. The van der Waals surface area contributed by atoms with Crippen molar-refractivity contribution >= 4 is 17.1 Å². The molecule has 6 heteroatoms.